The van der Waals surface area contributed by atoms with Gasteiger partial charge in [0.05, 0.1) is 33.5 Å². The normalized spacial score (nSPS) is 12.7. The lowest BCUT2D eigenvalue weighted by Crippen LogP contribution is -2.75. The van der Waals surface area contributed by atoms with Crippen molar-refractivity contribution in [3.05, 3.63) is 303 Å². The van der Waals surface area contributed by atoms with Crippen molar-refractivity contribution in [2.75, 3.05) is 0 Å². The van der Waals surface area contributed by atoms with Crippen molar-refractivity contribution in [2.45, 2.75) is 0 Å². The zero-order chi connectivity index (χ0) is 57.2. The molecule has 0 saturated heterocycles. The quantitative estimate of drug-likeness (QED) is 0.156. The molecule has 6 nitrogen and oxygen atoms in total. The van der Waals surface area contributed by atoms with E-state index in [-0.39, 0.29) is 0 Å². The van der Waals surface area contributed by atoms with Crippen molar-refractivity contribution in [1.29, 1.82) is 0 Å². The molecular formula is C80H50N6Si. The third-order valence-electron chi connectivity index (χ3n) is 18.2. The van der Waals surface area contributed by atoms with Gasteiger partial charge < -0.3 is 0 Å². The summed E-state index contributed by atoms with van der Waals surface area (Å²) in [5, 5.41) is 10.1. The maximum absolute atomic E-state index is 5.47. The Hall–Kier alpha value is -11.4. The van der Waals surface area contributed by atoms with Gasteiger partial charge in [-0.05, 0) is 102 Å². The molecule has 7 heteroatoms. The second-order valence-electron chi connectivity index (χ2n) is 22.8. The molecule has 18 rings (SSSR count). The Morgan fingerprint density at radius 1 is 0.218 bits per heavy atom. The number of para-hydroxylation sites is 2. The summed E-state index contributed by atoms with van der Waals surface area (Å²) < 4.78 is 4.75. The van der Waals surface area contributed by atoms with E-state index in [1.807, 2.05) is 12.1 Å². The molecule has 0 atom stereocenters. The van der Waals surface area contributed by atoms with Gasteiger partial charge in [-0.15, -0.1) is 0 Å². The van der Waals surface area contributed by atoms with Crippen molar-refractivity contribution in [3.63, 3.8) is 0 Å². The molecule has 0 unspecified atom stereocenters. The minimum absolute atomic E-state index is 0.678. The van der Waals surface area contributed by atoms with E-state index in [2.05, 4.69) is 300 Å². The number of hydrogen-bond donors (Lipinski definition) is 0. The van der Waals surface area contributed by atoms with E-state index in [9.17, 15) is 0 Å². The lowest BCUT2D eigenvalue weighted by atomic mass is 9.92. The van der Waals surface area contributed by atoms with Crippen LogP contribution in [0.1, 0.15) is 0 Å². The number of nitrogens with zero attached hydrogens (tertiary/aromatic N) is 6. The number of hydrogen-bond acceptors (Lipinski definition) is 4. The van der Waals surface area contributed by atoms with Gasteiger partial charge in [-0.2, -0.15) is 0 Å². The van der Waals surface area contributed by atoms with Gasteiger partial charge in [0.15, 0.2) is 19.7 Å². The minimum atomic E-state index is -3.36. The Kier molecular flexibility index (Phi) is 10.9. The first-order chi connectivity index (χ1) is 43.2. The zero-order valence-electron chi connectivity index (χ0n) is 47.1. The Morgan fingerprint density at radius 3 is 0.885 bits per heavy atom. The molecule has 0 N–H and O–H groups in total. The van der Waals surface area contributed by atoms with E-state index >= 15 is 0 Å². The molecule has 16 aromatic rings. The van der Waals surface area contributed by atoms with Crippen molar-refractivity contribution < 1.29 is 0 Å². The van der Waals surface area contributed by atoms with E-state index in [0.29, 0.717) is 11.6 Å². The monoisotopic (exact) mass is 1120 g/mol. The van der Waals surface area contributed by atoms with Crippen molar-refractivity contribution >= 4 is 72.4 Å². The second-order valence-corrected chi connectivity index (χ2v) is 26.5. The summed E-state index contributed by atoms with van der Waals surface area (Å²) in [4.78, 5) is 21.4. The number of benzene rings is 12. The van der Waals surface area contributed by atoms with Gasteiger partial charge in [0.2, 0.25) is 0 Å². The summed E-state index contributed by atoms with van der Waals surface area (Å²) in [6.07, 6.45) is 0. The molecule has 0 aliphatic carbocycles. The van der Waals surface area contributed by atoms with E-state index < -0.39 is 8.07 Å². The van der Waals surface area contributed by atoms with Crippen molar-refractivity contribution in [3.8, 4) is 101 Å². The number of aromatic nitrogens is 6. The molecule has 6 heterocycles. The average molecular weight is 1120 g/mol. The van der Waals surface area contributed by atoms with E-state index in [1.54, 1.807) is 0 Å². The summed E-state index contributed by atoms with van der Waals surface area (Å²) in [5.41, 5.74) is 19.8. The van der Waals surface area contributed by atoms with Gasteiger partial charge in [-0.25, -0.2) is 19.9 Å². The smallest absolute Gasteiger partial charge is 0.182 e. The minimum Gasteiger partial charge on any atom is -0.294 e. The molecule has 4 aromatic heterocycles. The fraction of sp³-hybridized carbons (Fsp3) is 0. The Balaban J connectivity index is 0.911. The van der Waals surface area contributed by atoms with Crippen molar-refractivity contribution in [2.24, 2.45) is 0 Å². The molecule has 87 heavy (non-hydrogen) atoms. The first-order valence-corrected chi connectivity index (χ1v) is 31.7. The predicted molar refractivity (Wildman–Crippen MR) is 361 cm³/mol. The predicted octanol–water partition coefficient (Wildman–Crippen LogP) is 16.8. The van der Waals surface area contributed by atoms with Crippen LogP contribution < -0.4 is 20.7 Å². The molecule has 0 fully saturated rings. The molecule has 2 aliphatic rings. The molecule has 2 aliphatic heterocycles. The third-order valence-corrected chi connectivity index (χ3v) is 23.2. The van der Waals surface area contributed by atoms with Gasteiger partial charge in [0, 0.05) is 55.9 Å². The van der Waals surface area contributed by atoms with Gasteiger partial charge in [0.1, 0.15) is 11.6 Å². The highest BCUT2D eigenvalue weighted by molar-refractivity contribution is 7.22. The van der Waals surface area contributed by atoms with Crippen LogP contribution in [0.15, 0.2) is 303 Å². The molecule has 0 amide bonds. The molecular weight excluding hydrogens is 1070 g/mol. The first-order valence-electron chi connectivity index (χ1n) is 29.7. The summed E-state index contributed by atoms with van der Waals surface area (Å²) >= 11 is 0. The van der Waals surface area contributed by atoms with Crippen LogP contribution in [0.25, 0.3) is 145 Å². The molecule has 0 bridgehead atoms. The number of rotatable bonds is 6. The highest BCUT2D eigenvalue weighted by Crippen LogP contribution is 2.47. The molecule has 404 valence electrons. The summed E-state index contributed by atoms with van der Waals surface area (Å²) in [7, 11) is -3.36. The van der Waals surface area contributed by atoms with Crippen LogP contribution in [0.2, 0.25) is 0 Å². The number of fused-ring (bicyclic) bond motifs is 20. The van der Waals surface area contributed by atoms with Crippen LogP contribution >= 0.6 is 0 Å². The zero-order valence-corrected chi connectivity index (χ0v) is 48.1. The standard InChI is InChI=1S/C80H50N6Si/c1-5-25-51(26-6-1)67-49-77(83-79(81-67)53-29-9-3-10-30-53)85-69-39-19-13-33-55(69)65-45-61-57-35-15-21-41-73(57)87(75-43-23-17-37-59(75)63(61)47-71(65)85)74-42-22-16-36-58(74)62-46-66-56-34-14-20-40-70(56)86(72(66)48-64(62)60-38-18-24-44-76(60)87)78-50-68(52-27-7-2-8-28-52)82-80(84-78)54-31-11-4-12-32-54/h1-50H. The highest BCUT2D eigenvalue weighted by Gasteiger charge is 2.50. The maximum Gasteiger partial charge on any atom is 0.182 e. The Labute approximate surface area is 503 Å². The van der Waals surface area contributed by atoms with Crippen LogP contribution in [-0.4, -0.2) is 37.1 Å². The fourth-order valence-corrected chi connectivity index (χ4v) is 20.1. The second kappa shape index (κ2) is 19.3. The van der Waals surface area contributed by atoms with E-state index in [4.69, 9.17) is 19.9 Å². The fourth-order valence-electron chi connectivity index (χ4n) is 14.5. The molecule has 12 aromatic carbocycles. The van der Waals surface area contributed by atoms with E-state index in [1.165, 1.54) is 76.0 Å². The van der Waals surface area contributed by atoms with Crippen LogP contribution in [0.4, 0.5) is 0 Å². The van der Waals surface area contributed by atoms with E-state index in [0.717, 1.165) is 78.1 Å². The largest absolute Gasteiger partial charge is 0.294 e. The lowest BCUT2D eigenvalue weighted by Gasteiger charge is -2.37. The lowest BCUT2D eigenvalue weighted by molar-refractivity contribution is 1.05. The van der Waals surface area contributed by atoms with Crippen LogP contribution in [0, 0.1) is 0 Å². The average Bonchev–Trinajstić information content (AvgIpc) is 1.59. The van der Waals surface area contributed by atoms with Gasteiger partial charge in [0.25, 0.3) is 0 Å². The Bertz CT molecular complexity index is 5000. The SMILES string of the molecule is c1ccc(-c2cc(-n3c4ccccc4c4cc5c(cc43)-c3ccccc3[Si]3(c4ccccc4-5)c4ccccc4-c4cc5c6ccccc6n(-c6cc(-c7ccccc7)nc(-c7ccccc7)n6)c5cc4-c4ccccc43)nc(-c3ccccc3)n2)cc1. The Morgan fingerprint density at radius 2 is 0.517 bits per heavy atom. The molecule has 0 saturated carbocycles. The summed E-state index contributed by atoms with van der Waals surface area (Å²) in [6.45, 7) is 0. The topological polar surface area (TPSA) is 61.4 Å². The summed E-state index contributed by atoms with van der Waals surface area (Å²) in [5.74, 6) is 2.98. The summed E-state index contributed by atoms with van der Waals surface area (Å²) in [6, 6.07) is 111. The molecule has 0 radical (unpaired) electrons. The van der Waals surface area contributed by atoms with Crippen molar-refractivity contribution in [1.82, 2.24) is 29.1 Å². The van der Waals surface area contributed by atoms with Gasteiger partial charge in [-0.3, -0.25) is 9.13 Å². The third kappa shape index (κ3) is 7.40. The highest BCUT2D eigenvalue weighted by atomic mass is 28.3. The molecule has 1 spiro atoms. The maximum atomic E-state index is 5.47. The van der Waals surface area contributed by atoms with Gasteiger partial charge >= 0.3 is 0 Å². The van der Waals surface area contributed by atoms with Crippen LogP contribution in [0.3, 0.4) is 0 Å². The van der Waals surface area contributed by atoms with Crippen LogP contribution in [0.5, 0.6) is 0 Å². The first kappa shape index (κ1) is 49.1. The van der Waals surface area contributed by atoms with Gasteiger partial charge in [-0.1, -0.05) is 255 Å². The van der Waals surface area contributed by atoms with Crippen LogP contribution in [-0.2, 0) is 0 Å².